The molecule has 0 heterocycles. The third-order valence-corrected chi connectivity index (χ3v) is 7.54. The number of hydrogen-bond donors (Lipinski definition) is 1. The zero-order valence-electron chi connectivity index (χ0n) is 8.85. The molecule has 0 aromatic heterocycles. The summed E-state index contributed by atoms with van der Waals surface area (Å²) >= 11 is 0. The van der Waals surface area contributed by atoms with Gasteiger partial charge < -0.3 is 5.11 Å². The molecule has 2 heteroatoms. The number of rotatable bonds is 2. The first-order valence-corrected chi connectivity index (χ1v) is 8.52. The lowest BCUT2D eigenvalue weighted by atomic mass is 10.1. The summed E-state index contributed by atoms with van der Waals surface area (Å²) in [5.41, 5.74) is 0. The van der Waals surface area contributed by atoms with Crippen LogP contribution in [0.1, 0.15) is 26.2 Å². The van der Waals surface area contributed by atoms with Crippen molar-refractivity contribution in [2.45, 2.75) is 50.9 Å². The minimum Gasteiger partial charge on any atom is -0.396 e. The van der Waals surface area contributed by atoms with Crippen LogP contribution in [-0.2, 0) is 0 Å². The molecule has 1 fully saturated rings. The molecule has 72 valence electrons. The molecule has 0 radical (unpaired) electrons. The third-order valence-electron chi connectivity index (χ3n) is 3.75. The fraction of sp³-hybridized carbons (Fsp3) is 1.00. The minimum absolute atomic E-state index is 0.340. The second kappa shape index (κ2) is 3.15. The summed E-state index contributed by atoms with van der Waals surface area (Å²) in [5, 5.41) is 9.84. The lowest BCUT2D eigenvalue weighted by Crippen LogP contribution is -2.40. The topological polar surface area (TPSA) is 20.2 Å². The summed E-state index contributed by atoms with van der Waals surface area (Å²) in [7, 11) is -1.17. The van der Waals surface area contributed by atoms with Gasteiger partial charge in [-0.05, 0) is 23.8 Å². The smallest absolute Gasteiger partial charge is 0.0534 e. The maximum absolute atomic E-state index is 9.50. The zero-order valence-corrected chi connectivity index (χ0v) is 9.85. The Morgan fingerprint density at radius 1 is 1.42 bits per heavy atom. The molecular formula is C10H22OSi. The molecular weight excluding hydrogens is 164 g/mol. The molecule has 1 rings (SSSR count). The van der Waals surface area contributed by atoms with E-state index in [1.54, 1.807) is 0 Å². The highest BCUT2D eigenvalue weighted by Gasteiger charge is 2.46. The summed E-state index contributed by atoms with van der Waals surface area (Å²) in [6.45, 7) is 9.91. The van der Waals surface area contributed by atoms with E-state index in [1.165, 1.54) is 19.3 Å². The van der Waals surface area contributed by atoms with E-state index >= 15 is 0 Å². The molecule has 1 aliphatic rings. The van der Waals surface area contributed by atoms with Crippen LogP contribution in [-0.4, -0.2) is 19.8 Å². The van der Waals surface area contributed by atoms with Gasteiger partial charge in [0, 0.05) is 6.61 Å². The predicted molar refractivity (Wildman–Crippen MR) is 56.1 cm³/mol. The second-order valence-corrected chi connectivity index (χ2v) is 11.1. The molecule has 0 aromatic rings. The Hall–Kier alpha value is 0.177. The van der Waals surface area contributed by atoms with Gasteiger partial charge in [0.1, 0.15) is 0 Å². The van der Waals surface area contributed by atoms with Gasteiger partial charge in [-0.1, -0.05) is 33.0 Å². The fourth-order valence-electron chi connectivity index (χ4n) is 2.46. The Labute approximate surface area is 77.2 Å². The average molecular weight is 186 g/mol. The molecule has 0 unspecified atom stereocenters. The Bertz CT molecular complexity index is 162. The summed E-state index contributed by atoms with van der Waals surface area (Å²) in [4.78, 5) is 0. The van der Waals surface area contributed by atoms with Crippen molar-refractivity contribution >= 4 is 8.07 Å². The molecule has 1 nitrogen and oxygen atoms in total. The zero-order chi connectivity index (χ0) is 9.41. The van der Waals surface area contributed by atoms with Gasteiger partial charge in [0.25, 0.3) is 0 Å². The first kappa shape index (κ1) is 10.3. The molecule has 1 saturated carbocycles. The molecule has 1 aliphatic carbocycles. The molecule has 12 heavy (non-hydrogen) atoms. The van der Waals surface area contributed by atoms with Crippen molar-refractivity contribution in [1.82, 2.24) is 0 Å². The first-order valence-electron chi connectivity index (χ1n) is 5.02. The standard InChI is InChI=1S/C10H22OSi/c1-9-5-6-10(7-9,8-11)12(2,3)4/h9,11H,5-8H2,1-4H3/t9-,10-/m0/s1. The average Bonchev–Trinajstić information content (AvgIpc) is 2.31. The van der Waals surface area contributed by atoms with E-state index in [0.717, 1.165) is 5.92 Å². The van der Waals surface area contributed by atoms with Crippen LogP contribution in [0.2, 0.25) is 24.7 Å². The lowest BCUT2D eigenvalue weighted by Gasteiger charge is -2.39. The summed E-state index contributed by atoms with van der Waals surface area (Å²) in [5.74, 6) is 0.837. The van der Waals surface area contributed by atoms with Gasteiger partial charge in [0.2, 0.25) is 0 Å². The van der Waals surface area contributed by atoms with Crippen molar-refractivity contribution in [2.75, 3.05) is 6.61 Å². The van der Waals surface area contributed by atoms with Crippen molar-refractivity contribution in [2.24, 2.45) is 5.92 Å². The molecule has 0 saturated heterocycles. The number of aliphatic hydroxyl groups excluding tert-OH is 1. The molecule has 0 aliphatic heterocycles. The highest BCUT2D eigenvalue weighted by atomic mass is 28.3. The van der Waals surface area contributed by atoms with Gasteiger partial charge in [-0.15, -0.1) is 0 Å². The van der Waals surface area contributed by atoms with Gasteiger partial charge in [-0.2, -0.15) is 0 Å². The van der Waals surface area contributed by atoms with E-state index in [0.29, 0.717) is 11.6 Å². The predicted octanol–water partition coefficient (Wildman–Crippen LogP) is 2.88. The summed E-state index contributed by atoms with van der Waals surface area (Å²) in [6.07, 6.45) is 3.85. The lowest BCUT2D eigenvalue weighted by molar-refractivity contribution is 0.231. The van der Waals surface area contributed by atoms with Gasteiger partial charge >= 0.3 is 0 Å². The van der Waals surface area contributed by atoms with E-state index in [9.17, 15) is 5.11 Å². The molecule has 0 bridgehead atoms. The molecule has 2 atom stereocenters. The van der Waals surface area contributed by atoms with E-state index in [-0.39, 0.29) is 0 Å². The Morgan fingerprint density at radius 3 is 2.17 bits per heavy atom. The van der Waals surface area contributed by atoms with E-state index < -0.39 is 8.07 Å². The van der Waals surface area contributed by atoms with Gasteiger partial charge in [0.05, 0.1) is 8.07 Å². The van der Waals surface area contributed by atoms with Crippen molar-refractivity contribution in [1.29, 1.82) is 0 Å². The van der Waals surface area contributed by atoms with Crippen molar-refractivity contribution in [3.8, 4) is 0 Å². The highest BCUT2D eigenvalue weighted by Crippen LogP contribution is 2.53. The molecule has 1 N–H and O–H groups in total. The summed E-state index contributed by atoms with van der Waals surface area (Å²) < 4.78 is 0. The Kier molecular flexibility index (Phi) is 2.69. The van der Waals surface area contributed by atoms with E-state index in [2.05, 4.69) is 26.6 Å². The van der Waals surface area contributed by atoms with Crippen LogP contribution in [0, 0.1) is 5.92 Å². The van der Waals surface area contributed by atoms with Crippen LogP contribution in [0.4, 0.5) is 0 Å². The maximum atomic E-state index is 9.50. The van der Waals surface area contributed by atoms with Gasteiger partial charge in [-0.25, -0.2) is 0 Å². The van der Waals surface area contributed by atoms with Crippen LogP contribution < -0.4 is 0 Å². The minimum atomic E-state index is -1.17. The maximum Gasteiger partial charge on any atom is 0.0534 e. The van der Waals surface area contributed by atoms with E-state index in [4.69, 9.17) is 0 Å². The Morgan fingerprint density at radius 2 is 2.00 bits per heavy atom. The summed E-state index contributed by atoms with van der Waals surface area (Å²) in [6, 6.07) is 0. The Balaban J connectivity index is 2.78. The molecule has 0 spiro atoms. The fourth-order valence-corrected chi connectivity index (χ4v) is 4.79. The normalized spacial score (nSPS) is 37.2. The van der Waals surface area contributed by atoms with E-state index in [1.807, 2.05) is 0 Å². The first-order chi connectivity index (χ1) is 5.41. The number of aliphatic hydroxyl groups is 1. The van der Waals surface area contributed by atoms with Crippen LogP contribution in [0.5, 0.6) is 0 Å². The van der Waals surface area contributed by atoms with Crippen LogP contribution >= 0.6 is 0 Å². The SMILES string of the molecule is C[C@H]1CC[C@](CO)([Si](C)(C)C)C1. The number of hydrogen-bond acceptors (Lipinski definition) is 1. The third kappa shape index (κ3) is 1.60. The largest absolute Gasteiger partial charge is 0.396 e. The van der Waals surface area contributed by atoms with Crippen molar-refractivity contribution in [3.63, 3.8) is 0 Å². The monoisotopic (exact) mass is 186 g/mol. The quantitative estimate of drug-likeness (QED) is 0.658. The van der Waals surface area contributed by atoms with Crippen LogP contribution in [0.15, 0.2) is 0 Å². The van der Waals surface area contributed by atoms with Gasteiger partial charge in [0.15, 0.2) is 0 Å². The van der Waals surface area contributed by atoms with Crippen LogP contribution in [0.3, 0.4) is 0 Å². The molecule has 0 aromatic carbocycles. The van der Waals surface area contributed by atoms with Crippen LogP contribution in [0.25, 0.3) is 0 Å². The van der Waals surface area contributed by atoms with Crippen molar-refractivity contribution in [3.05, 3.63) is 0 Å². The second-order valence-electron chi connectivity index (χ2n) is 5.54. The molecule has 0 amide bonds. The van der Waals surface area contributed by atoms with Crippen molar-refractivity contribution < 1.29 is 5.11 Å². The van der Waals surface area contributed by atoms with Gasteiger partial charge in [-0.3, -0.25) is 0 Å². The highest BCUT2D eigenvalue weighted by molar-refractivity contribution is 6.79.